The van der Waals surface area contributed by atoms with Crippen molar-refractivity contribution in [2.24, 2.45) is 5.92 Å². The van der Waals surface area contributed by atoms with Gasteiger partial charge in [0.1, 0.15) is 11.3 Å². The molecule has 0 aliphatic carbocycles. The lowest BCUT2D eigenvalue weighted by molar-refractivity contribution is 0.217. The number of nitrogens with one attached hydrogen (secondary N) is 1. The summed E-state index contributed by atoms with van der Waals surface area (Å²) in [6.07, 6.45) is 3.56. The van der Waals surface area contributed by atoms with Crippen LogP contribution in [0.3, 0.4) is 0 Å². The van der Waals surface area contributed by atoms with Crippen molar-refractivity contribution in [3.8, 4) is 5.75 Å². The monoisotopic (exact) mass is 304 g/mol. The second-order valence-electron chi connectivity index (χ2n) is 5.97. The first kappa shape index (κ1) is 14.8. The number of piperidine rings is 1. The summed E-state index contributed by atoms with van der Waals surface area (Å²) in [5.74, 6) is 2.16. The van der Waals surface area contributed by atoms with E-state index in [1.807, 2.05) is 0 Å². The molecule has 3 rings (SSSR count). The molecule has 2 aromatic rings. The van der Waals surface area contributed by atoms with Crippen LogP contribution in [0.2, 0.25) is 0 Å². The van der Waals surface area contributed by atoms with Crippen molar-refractivity contribution in [2.45, 2.75) is 39.0 Å². The summed E-state index contributed by atoms with van der Waals surface area (Å²) in [5, 5.41) is 4.63. The number of benzene rings is 1. The summed E-state index contributed by atoms with van der Waals surface area (Å²) in [6.45, 7) is 7.51. The van der Waals surface area contributed by atoms with Gasteiger partial charge in [-0.1, -0.05) is 19.9 Å². The highest BCUT2D eigenvalue weighted by atomic mass is 32.1. The first-order chi connectivity index (χ1) is 10.3. The van der Waals surface area contributed by atoms with E-state index in [9.17, 15) is 0 Å². The van der Waals surface area contributed by atoms with Gasteiger partial charge in [0.05, 0.1) is 16.3 Å². The second kappa shape index (κ2) is 6.75. The van der Waals surface area contributed by atoms with Crippen molar-refractivity contribution in [3.05, 3.63) is 23.2 Å². The number of thiazole rings is 1. The van der Waals surface area contributed by atoms with Crippen LogP contribution >= 0.6 is 11.3 Å². The molecular weight excluding hydrogens is 280 g/mol. The van der Waals surface area contributed by atoms with Crippen LogP contribution in [0.15, 0.2) is 18.2 Å². The number of hydrogen-bond donors (Lipinski definition) is 1. The fourth-order valence-electron chi connectivity index (χ4n) is 2.70. The van der Waals surface area contributed by atoms with E-state index >= 15 is 0 Å². The number of hydrogen-bond acceptors (Lipinski definition) is 4. The minimum Gasteiger partial charge on any atom is -0.491 e. The zero-order valence-corrected chi connectivity index (χ0v) is 13.7. The van der Waals surface area contributed by atoms with Gasteiger partial charge in [-0.15, -0.1) is 11.3 Å². The van der Waals surface area contributed by atoms with Crippen molar-refractivity contribution in [3.63, 3.8) is 0 Å². The average Bonchev–Trinajstić information content (AvgIpc) is 2.97. The predicted octanol–water partition coefficient (Wildman–Crippen LogP) is 4.19. The summed E-state index contributed by atoms with van der Waals surface area (Å²) in [7, 11) is 0. The van der Waals surface area contributed by atoms with Crippen LogP contribution in [-0.2, 0) is 0 Å². The zero-order valence-electron chi connectivity index (χ0n) is 12.9. The highest BCUT2D eigenvalue weighted by Crippen LogP contribution is 2.34. The van der Waals surface area contributed by atoms with Gasteiger partial charge in [0.25, 0.3) is 0 Å². The molecule has 1 unspecified atom stereocenters. The lowest BCUT2D eigenvalue weighted by Gasteiger charge is -2.22. The Morgan fingerprint density at radius 1 is 1.38 bits per heavy atom. The van der Waals surface area contributed by atoms with Gasteiger partial charge in [0.15, 0.2) is 0 Å². The van der Waals surface area contributed by atoms with Crippen molar-refractivity contribution in [1.82, 2.24) is 10.3 Å². The molecule has 4 heteroatoms. The molecule has 0 amide bonds. The molecule has 1 aromatic carbocycles. The Balaban J connectivity index is 1.76. The molecule has 0 bridgehead atoms. The van der Waals surface area contributed by atoms with Gasteiger partial charge in [0, 0.05) is 5.92 Å². The number of fused-ring (bicyclic) bond motifs is 1. The molecule has 0 spiro atoms. The van der Waals surface area contributed by atoms with Gasteiger partial charge in [-0.3, -0.25) is 0 Å². The fourth-order valence-corrected chi connectivity index (χ4v) is 3.82. The third kappa shape index (κ3) is 3.38. The van der Waals surface area contributed by atoms with E-state index in [1.165, 1.54) is 22.5 Å². The van der Waals surface area contributed by atoms with Crippen molar-refractivity contribution < 1.29 is 4.74 Å². The molecule has 3 nitrogen and oxygen atoms in total. The molecule has 1 atom stereocenters. The van der Waals surface area contributed by atoms with E-state index in [-0.39, 0.29) is 0 Å². The summed E-state index contributed by atoms with van der Waals surface area (Å²) in [5.41, 5.74) is 1.05. The van der Waals surface area contributed by atoms with E-state index in [0.717, 1.165) is 37.4 Å². The predicted molar refractivity (Wildman–Crippen MR) is 89.4 cm³/mol. The molecule has 0 radical (unpaired) electrons. The van der Waals surface area contributed by atoms with Crippen molar-refractivity contribution in [1.29, 1.82) is 0 Å². The second-order valence-corrected chi connectivity index (χ2v) is 7.03. The maximum absolute atomic E-state index is 6.10. The summed E-state index contributed by atoms with van der Waals surface area (Å²) < 4.78 is 7.35. The van der Waals surface area contributed by atoms with E-state index in [4.69, 9.17) is 9.72 Å². The Morgan fingerprint density at radius 2 is 2.19 bits per heavy atom. The SMILES string of the molecule is CCC(C)c1nc2c(OCC3CCNCC3)cccc2s1. The Morgan fingerprint density at radius 3 is 2.95 bits per heavy atom. The molecule has 2 heterocycles. The number of para-hydroxylation sites is 1. The average molecular weight is 304 g/mol. The van der Waals surface area contributed by atoms with Crippen LogP contribution in [-0.4, -0.2) is 24.7 Å². The van der Waals surface area contributed by atoms with Crippen LogP contribution in [0.5, 0.6) is 5.75 Å². The molecule has 1 N–H and O–H groups in total. The maximum Gasteiger partial charge on any atom is 0.146 e. The van der Waals surface area contributed by atoms with Gasteiger partial charge >= 0.3 is 0 Å². The summed E-state index contributed by atoms with van der Waals surface area (Å²) >= 11 is 1.80. The molecular formula is C17H24N2OS. The van der Waals surface area contributed by atoms with Crippen LogP contribution in [0.25, 0.3) is 10.2 Å². The Labute approximate surface area is 130 Å². The first-order valence-corrected chi connectivity index (χ1v) is 8.82. The van der Waals surface area contributed by atoms with E-state index < -0.39 is 0 Å². The minimum absolute atomic E-state index is 0.527. The van der Waals surface area contributed by atoms with Crippen molar-refractivity contribution >= 4 is 21.6 Å². The topological polar surface area (TPSA) is 34.1 Å². The normalized spacial score (nSPS) is 18.0. The van der Waals surface area contributed by atoms with Crippen molar-refractivity contribution in [2.75, 3.05) is 19.7 Å². The third-order valence-electron chi connectivity index (χ3n) is 4.37. The van der Waals surface area contributed by atoms with Crippen LogP contribution in [0.4, 0.5) is 0 Å². The van der Waals surface area contributed by atoms with Crippen LogP contribution in [0.1, 0.15) is 44.0 Å². The van der Waals surface area contributed by atoms with Crippen LogP contribution < -0.4 is 10.1 Å². The Hall–Kier alpha value is -1.13. The maximum atomic E-state index is 6.10. The largest absolute Gasteiger partial charge is 0.491 e. The number of ether oxygens (including phenoxy) is 1. The molecule has 0 saturated carbocycles. The molecule has 21 heavy (non-hydrogen) atoms. The van der Waals surface area contributed by atoms with E-state index in [0.29, 0.717) is 11.8 Å². The highest BCUT2D eigenvalue weighted by Gasteiger charge is 2.16. The van der Waals surface area contributed by atoms with Crippen LogP contribution in [0, 0.1) is 5.92 Å². The zero-order chi connectivity index (χ0) is 14.7. The number of rotatable bonds is 5. The van der Waals surface area contributed by atoms with E-state index in [2.05, 4.69) is 37.4 Å². The smallest absolute Gasteiger partial charge is 0.146 e. The molecule has 1 fully saturated rings. The van der Waals surface area contributed by atoms with Gasteiger partial charge in [-0.05, 0) is 50.4 Å². The Bertz CT molecular complexity index is 589. The summed E-state index contributed by atoms with van der Waals surface area (Å²) in [4.78, 5) is 4.83. The molecule has 1 aliphatic heterocycles. The fraction of sp³-hybridized carbons (Fsp3) is 0.588. The number of nitrogens with zero attached hydrogens (tertiary/aromatic N) is 1. The minimum atomic E-state index is 0.527. The van der Waals surface area contributed by atoms with Gasteiger partial charge < -0.3 is 10.1 Å². The van der Waals surface area contributed by atoms with Gasteiger partial charge in [-0.25, -0.2) is 4.98 Å². The molecule has 114 valence electrons. The van der Waals surface area contributed by atoms with Gasteiger partial charge in [0.2, 0.25) is 0 Å². The quantitative estimate of drug-likeness (QED) is 0.899. The first-order valence-electron chi connectivity index (χ1n) is 8.01. The highest BCUT2D eigenvalue weighted by molar-refractivity contribution is 7.18. The van der Waals surface area contributed by atoms with Gasteiger partial charge in [-0.2, -0.15) is 0 Å². The molecule has 1 saturated heterocycles. The standard InChI is InChI=1S/C17H24N2OS/c1-3-12(2)17-19-16-14(5-4-6-15(16)21-17)20-11-13-7-9-18-10-8-13/h4-6,12-13,18H,3,7-11H2,1-2H3. The number of aromatic nitrogens is 1. The van der Waals surface area contributed by atoms with E-state index in [1.54, 1.807) is 11.3 Å². The lowest BCUT2D eigenvalue weighted by atomic mass is 9.99. The molecule has 1 aliphatic rings. The third-order valence-corrected chi connectivity index (χ3v) is 5.62. The summed E-state index contributed by atoms with van der Waals surface area (Å²) in [6, 6.07) is 6.29. The Kier molecular flexibility index (Phi) is 4.76. The molecule has 1 aromatic heterocycles. The lowest BCUT2D eigenvalue weighted by Crippen LogP contribution is -2.30.